The first-order valence-corrected chi connectivity index (χ1v) is 9.47. The molecule has 0 atom stereocenters. The second-order valence-electron chi connectivity index (χ2n) is 5.64. The Hall–Kier alpha value is -0.130. The molecule has 0 spiro atoms. The molecule has 0 amide bonds. The molecule has 0 unspecified atom stereocenters. The van der Waals surface area contributed by atoms with Gasteiger partial charge in [0.25, 0.3) is 0 Å². The largest absolute Gasteiger partial charge is 0.317 e. The molecule has 5 heteroatoms. The minimum Gasteiger partial charge on any atom is -0.317 e. The van der Waals surface area contributed by atoms with Crippen molar-refractivity contribution in [2.45, 2.75) is 58.3 Å². The molecule has 1 saturated heterocycles. The molecule has 2 N–H and O–H groups in total. The van der Waals surface area contributed by atoms with Gasteiger partial charge in [-0.25, -0.2) is 13.1 Å². The molecule has 19 heavy (non-hydrogen) atoms. The highest BCUT2D eigenvalue weighted by molar-refractivity contribution is 7.89. The first kappa shape index (κ1) is 16.9. The van der Waals surface area contributed by atoms with Crippen LogP contribution < -0.4 is 10.0 Å². The molecule has 1 heterocycles. The molecule has 114 valence electrons. The zero-order chi connectivity index (χ0) is 14.0. The van der Waals surface area contributed by atoms with Crippen LogP contribution in [0.5, 0.6) is 0 Å². The molecule has 0 aromatic heterocycles. The number of unbranched alkanes of at least 4 members (excludes halogenated alkanes) is 5. The maximum absolute atomic E-state index is 11.9. The SMILES string of the molecule is CCCCCCCCNS(=O)(=O)CC1CCNCC1. The van der Waals surface area contributed by atoms with Crippen molar-refractivity contribution in [1.29, 1.82) is 0 Å². The Balaban J connectivity index is 2.06. The fourth-order valence-corrected chi connectivity index (χ4v) is 4.08. The summed E-state index contributed by atoms with van der Waals surface area (Å²) >= 11 is 0. The number of sulfonamides is 1. The summed E-state index contributed by atoms with van der Waals surface area (Å²) in [6.45, 7) is 4.73. The Bertz CT molecular complexity index is 311. The fourth-order valence-electron chi connectivity index (χ4n) is 2.55. The van der Waals surface area contributed by atoms with Gasteiger partial charge in [0.1, 0.15) is 0 Å². The van der Waals surface area contributed by atoms with Gasteiger partial charge in [0.05, 0.1) is 5.75 Å². The van der Waals surface area contributed by atoms with Crippen molar-refractivity contribution in [1.82, 2.24) is 10.0 Å². The molecule has 0 aliphatic carbocycles. The number of nitrogens with one attached hydrogen (secondary N) is 2. The molecule has 0 bridgehead atoms. The van der Waals surface area contributed by atoms with Crippen molar-refractivity contribution in [2.75, 3.05) is 25.4 Å². The van der Waals surface area contributed by atoms with E-state index in [1.165, 1.54) is 25.7 Å². The third kappa shape index (κ3) is 8.60. The van der Waals surface area contributed by atoms with E-state index in [1.807, 2.05) is 0 Å². The molecule has 1 aliphatic heterocycles. The van der Waals surface area contributed by atoms with Gasteiger partial charge in [0.15, 0.2) is 0 Å². The lowest BCUT2D eigenvalue weighted by atomic mass is 10.0. The van der Waals surface area contributed by atoms with E-state index in [4.69, 9.17) is 0 Å². The Labute approximate surface area is 118 Å². The van der Waals surface area contributed by atoms with Crippen LogP contribution in [0.25, 0.3) is 0 Å². The van der Waals surface area contributed by atoms with Crippen LogP contribution in [0.2, 0.25) is 0 Å². The summed E-state index contributed by atoms with van der Waals surface area (Å²) in [5.74, 6) is 0.646. The molecule has 1 fully saturated rings. The maximum Gasteiger partial charge on any atom is 0.211 e. The molecule has 0 saturated carbocycles. The van der Waals surface area contributed by atoms with E-state index in [2.05, 4.69) is 17.0 Å². The van der Waals surface area contributed by atoms with Crippen molar-refractivity contribution < 1.29 is 8.42 Å². The zero-order valence-corrected chi connectivity index (χ0v) is 13.1. The van der Waals surface area contributed by atoms with E-state index in [1.54, 1.807) is 0 Å². The van der Waals surface area contributed by atoms with Crippen molar-refractivity contribution in [3.8, 4) is 0 Å². The minimum absolute atomic E-state index is 0.310. The van der Waals surface area contributed by atoms with Crippen LogP contribution in [0.1, 0.15) is 58.3 Å². The van der Waals surface area contributed by atoms with Gasteiger partial charge < -0.3 is 5.32 Å². The highest BCUT2D eigenvalue weighted by Crippen LogP contribution is 2.13. The van der Waals surface area contributed by atoms with E-state index in [0.29, 0.717) is 18.2 Å². The highest BCUT2D eigenvalue weighted by atomic mass is 32.2. The molecule has 1 rings (SSSR count). The quantitative estimate of drug-likeness (QED) is 0.607. The zero-order valence-electron chi connectivity index (χ0n) is 12.3. The number of piperidine rings is 1. The van der Waals surface area contributed by atoms with Crippen molar-refractivity contribution in [2.24, 2.45) is 5.92 Å². The summed E-state index contributed by atoms with van der Waals surface area (Å²) in [5.41, 5.74) is 0. The van der Waals surface area contributed by atoms with Gasteiger partial charge in [-0.15, -0.1) is 0 Å². The van der Waals surface area contributed by atoms with Crippen LogP contribution in [0.3, 0.4) is 0 Å². The number of hydrogen-bond acceptors (Lipinski definition) is 3. The average molecular weight is 290 g/mol. The summed E-state index contributed by atoms with van der Waals surface area (Å²) in [6.07, 6.45) is 9.12. The third-order valence-electron chi connectivity index (χ3n) is 3.77. The molecule has 1 aliphatic rings. The molecular weight excluding hydrogens is 260 g/mol. The van der Waals surface area contributed by atoms with Gasteiger partial charge in [0.2, 0.25) is 10.0 Å². The Morgan fingerprint density at radius 1 is 1.05 bits per heavy atom. The first-order valence-electron chi connectivity index (χ1n) is 7.82. The normalized spacial score (nSPS) is 17.7. The fraction of sp³-hybridized carbons (Fsp3) is 1.00. The molecule has 0 radical (unpaired) electrons. The Morgan fingerprint density at radius 2 is 1.68 bits per heavy atom. The second-order valence-corrected chi connectivity index (χ2v) is 7.49. The van der Waals surface area contributed by atoms with Gasteiger partial charge in [-0.2, -0.15) is 0 Å². The van der Waals surface area contributed by atoms with Crippen molar-refractivity contribution in [3.05, 3.63) is 0 Å². The maximum atomic E-state index is 11.9. The van der Waals surface area contributed by atoms with Crippen LogP contribution in [-0.4, -0.2) is 33.8 Å². The lowest BCUT2D eigenvalue weighted by Crippen LogP contribution is -2.35. The van der Waals surface area contributed by atoms with E-state index >= 15 is 0 Å². The van der Waals surface area contributed by atoms with E-state index in [9.17, 15) is 8.42 Å². The third-order valence-corrected chi connectivity index (χ3v) is 5.32. The van der Waals surface area contributed by atoms with Gasteiger partial charge in [0, 0.05) is 6.54 Å². The van der Waals surface area contributed by atoms with E-state index in [-0.39, 0.29) is 0 Å². The average Bonchev–Trinajstić information content (AvgIpc) is 2.38. The summed E-state index contributed by atoms with van der Waals surface area (Å²) < 4.78 is 26.6. The highest BCUT2D eigenvalue weighted by Gasteiger charge is 2.20. The molecule has 0 aromatic rings. The molecule has 4 nitrogen and oxygen atoms in total. The van der Waals surface area contributed by atoms with Gasteiger partial charge in [-0.3, -0.25) is 0 Å². The van der Waals surface area contributed by atoms with Crippen LogP contribution in [0.15, 0.2) is 0 Å². The van der Waals surface area contributed by atoms with Gasteiger partial charge in [-0.05, 0) is 38.3 Å². The van der Waals surface area contributed by atoms with E-state index in [0.717, 1.165) is 38.8 Å². The first-order chi connectivity index (χ1) is 9.14. The standard InChI is InChI=1S/C14H30N2O2S/c1-2-3-4-5-6-7-10-16-19(17,18)13-14-8-11-15-12-9-14/h14-16H,2-13H2,1H3. The van der Waals surface area contributed by atoms with Crippen LogP contribution in [0.4, 0.5) is 0 Å². The summed E-state index contributed by atoms with van der Waals surface area (Å²) in [7, 11) is -3.06. The summed E-state index contributed by atoms with van der Waals surface area (Å²) in [6, 6.07) is 0. The van der Waals surface area contributed by atoms with Crippen LogP contribution in [-0.2, 0) is 10.0 Å². The topological polar surface area (TPSA) is 58.2 Å². The predicted octanol–water partition coefficient (Wildman–Crippen LogP) is 2.27. The van der Waals surface area contributed by atoms with Gasteiger partial charge >= 0.3 is 0 Å². The predicted molar refractivity (Wildman–Crippen MR) is 80.8 cm³/mol. The Kier molecular flexibility index (Phi) is 8.66. The summed E-state index contributed by atoms with van der Waals surface area (Å²) in [5, 5.41) is 3.26. The lowest BCUT2D eigenvalue weighted by molar-refractivity contribution is 0.400. The smallest absolute Gasteiger partial charge is 0.211 e. The lowest BCUT2D eigenvalue weighted by Gasteiger charge is -2.22. The minimum atomic E-state index is -3.06. The van der Waals surface area contributed by atoms with Crippen molar-refractivity contribution in [3.63, 3.8) is 0 Å². The number of hydrogen-bond donors (Lipinski definition) is 2. The van der Waals surface area contributed by atoms with Crippen LogP contribution in [0, 0.1) is 5.92 Å². The Morgan fingerprint density at radius 3 is 2.37 bits per heavy atom. The van der Waals surface area contributed by atoms with Crippen LogP contribution >= 0.6 is 0 Å². The number of rotatable bonds is 10. The van der Waals surface area contributed by atoms with Gasteiger partial charge in [-0.1, -0.05) is 39.0 Å². The second kappa shape index (κ2) is 9.72. The van der Waals surface area contributed by atoms with Crippen molar-refractivity contribution >= 4 is 10.0 Å². The molecular formula is C14H30N2O2S. The van der Waals surface area contributed by atoms with E-state index < -0.39 is 10.0 Å². The molecule has 0 aromatic carbocycles. The monoisotopic (exact) mass is 290 g/mol. The summed E-state index contributed by atoms with van der Waals surface area (Å²) in [4.78, 5) is 0.